The molecule has 0 N–H and O–H groups in total. The monoisotopic (exact) mass is 607 g/mol. The lowest BCUT2D eigenvalue weighted by Gasteiger charge is -2.42. The summed E-state index contributed by atoms with van der Waals surface area (Å²) in [6, 6.07) is 38.3. The minimum absolute atomic E-state index is 0.0913. The van der Waals surface area contributed by atoms with Gasteiger partial charge in [-0.2, -0.15) is 0 Å². The first kappa shape index (κ1) is 25.6. The molecule has 5 heterocycles. The number of hydrogen-bond donors (Lipinski definition) is 0. The van der Waals surface area contributed by atoms with E-state index in [-0.39, 0.29) is 18.8 Å². The molecular weight excluding hydrogens is 580 g/mol. The fourth-order valence-electron chi connectivity index (χ4n) is 8.28. The van der Waals surface area contributed by atoms with Gasteiger partial charge in [-0.1, -0.05) is 63.2 Å². The Balaban J connectivity index is 1.29. The second kappa shape index (κ2) is 8.62. The fourth-order valence-corrected chi connectivity index (χ4v) is 8.28. The number of rotatable bonds is 1. The predicted molar refractivity (Wildman–Crippen MR) is 189 cm³/mol. The van der Waals surface area contributed by atoms with Gasteiger partial charge < -0.3 is 23.8 Å². The summed E-state index contributed by atoms with van der Waals surface area (Å²) < 4.78 is 27.4. The molecule has 0 fully saturated rings. The van der Waals surface area contributed by atoms with Gasteiger partial charge in [0.2, 0.25) is 0 Å². The second-order valence-corrected chi connectivity index (χ2v) is 14.1. The summed E-state index contributed by atoms with van der Waals surface area (Å²) in [6.07, 6.45) is 0. The van der Waals surface area contributed by atoms with Gasteiger partial charge in [-0.25, -0.2) is 0 Å². The second-order valence-electron chi connectivity index (χ2n) is 14.1. The van der Waals surface area contributed by atoms with Gasteiger partial charge in [-0.3, -0.25) is 0 Å². The third kappa shape index (κ3) is 3.31. The molecule has 2 bridgehead atoms. The summed E-state index contributed by atoms with van der Waals surface area (Å²) in [7, 11) is 0. The van der Waals surface area contributed by atoms with Crippen LogP contribution in [0.4, 0.5) is 17.1 Å². The molecule has 0 unspecified atom stereocenters. The maximum atomic E-state index is 7.02. The van der Waals surface area contributed by atoms with Gasteiger partial charge in [-0.15, -0.1) is 0 Å². The molecule has 0 spiro atoms. The van der Waals surface area contributed by atoms with Gasteiger partial charge in [0, 0.05) is 39.5 Å². The van der Waals surface area contributed by atoms with Crippen LogP contribution >= 0.6 is 0 Å². The molecule has 5 nitrogen and oxygen atoms in total. The van der Waals surface area contributed by atoms with E-state index in [1.807, 2.05) is 12.1 Å². The van der Waals surface area contributed by atoms with Crippen molar-refractivity contribution in [3.63, 3.8) is 0 Å². The normalized spacial score (nSPS) is 14.8. The molecule has 0 saturated heterocycles. The van der Waals surface area contributed by atoms with Crippen molar-refractivity contribution in [2.24, 2.45) is 0 Å². The molecule has 0 saturated carbocycles. The van der Waals surface area contributed by atoms with E-state index in [4.69, 9.17) is 18.9 Å². The van der Waals surface area contributed by atoms with Crippen molar-refractivity contribution in [2.45, 2.75) is 26.2 Å². The molecule has 6 aromatic rings. The van der Waals surface area contributed by atoms with Crippen LogP contribution in [0.15, 0.2) is 109 Å². The SMILES string of the molecule is CC(C)(C)c1cc2c3c(c1)Oc1cccc4c1B3c1cc3c(cc1O2)N(c1ccccc1)c1cccc2c1B3c1c(cccc1O2)O4. The predicted octanol–water partition coefficient (Wildman–Crippen LogP) is 6.22. The van der Waals surface area contributed by atoms with E-state index in [1.54, 1.807) is 0 Å². The highest BCUT2D eigenvalue weighted by atomic mass is 16.5. The third-order valence-corrected chi connectivity index (χ3v) is 10.4. The van der Waals surface area contributed by atoms with Gasteiger partial charge in [0.05, 0.1) is 0 Å². The number of benzene rings is 6. The fraction of sp³-hybridized carbons (Fsp3) is 0.100. The quantitative estimate of drug-likeness (QED) is 0.207. The topological polar surface area (TPSA) is 40.2 Å². The molecule has 222 valence electrons. The first-order valence-electron chi connectivity index (χ1n) is 16.2. The number of nitrogens with zero attached hydrogens (tertiary/aromatic N) is 1. The zero-order valence-corrected chi connectivity index (χ0v) is 26.1. The number of hydrogen-bond acceptors (Lipinski definition) is 5. The minimum atomic E-state index is -0.130. The lowest BCUT2D eigenvalue weighted by molar-refractivity contribution is 0.449. The largest absolute Gasteiger partial charge is 0.458 e. The zero-order chi connectivity index (χ0) is 31.2. The van der Waals surface area contributed by atoms with Gasteiger partial charge in [0.1, 0.15) is 46.0 Å². The van der Waals surface area contributed by atoms with Crippen LogP contribution in [-0.2, 0) is 5.41 Å². The maximum absolute atomic E-state index is 7.02. The van der Waals surface area contributed by atoms with E-state index < -0.39 is 0 Å². The Morgan fingerprint density at radius 2 is 0.957 bits per heavy atom. The van der Waals surface area contributed by atoms with Crippen molar-refractivity contribution in [1.82, 2.24) is 0 Å². The van der Waals surface area contributed by atoms with Crippen LogP contribution in [0.1, 0.15) is 26.3 Å². The third-order valence-electron chi connectivity index (χ3n) is 10.4. The highest BCUT2D eigenvalue weighted by Crippen LogP contribution is 2.46. The van der Waals surface area contributed by atoms with E-state index in [0.29, 0.717) is 0 Å². The van der Waals surface area contributed by atoms with Crippen molar-refractivity contribution in [3.8, 4) is 46.0 Å². The standard InChI is InChI=1S/C40H27B2NO4/c1-40(2,3)22-18-34-39-35(19-22)47-33-21-27-24-20-25(33)42(39)38-31(16-9-17-32(38)46-34)45-30-15-8-14-29-37(30)41(24)36-26(12-7-13-28(36)44-29)43(27)23-10-5-4-6-11-23/h4-21H,1-3H3. The molecule has 7 heteroatoms. The first-order valence-corrected chi connectivity index (χ1v) is 16.2. The van der Waals surface area contributed by atoms with E-state index in [1.165, 1.54) is 11.0 Å². The molecule has 0 aliphatic carbocycles. The molecule has 0 radical (unpaired) electrons. The maximum Gasteiger partial charge on any atom is 0.265 e. The molecule has 11 rings (SSSR count). The summed E-state index contributed by atoms with van der Waals surface area (Å²) in [5, 5.41) is 0. The zero-order valence-electron chi connectivity index (χ0n) is 26.1. The highest BCUT2D eigenvalue weighted by molar-refractivity contribution is 7.02. The van der Waals surface area contributed by atoms with E-state index in [2.05, 4.69) is 123 Å². The Bertz CT molecular complexity index is 2380. The van der Waals surface area contributed by atoms with Crippen LogP contribution in [0.25, 0.3) is 0 Å². The van der Waals surface area contributed by atoms with E-state index in [9.17, 15) is 0 Å². The summed E-state index contributed by atoms with van der Waals surface area (Å²) in [5.41, 5.74) is 10.9. The van der Waals surface area contributed by atoms with Gasteiger partial charge in [0.25, 0.3) is 13.4 Å². The summed E-state index contributed by atoms with van der Waals surface area (Å²) in [5.74, 6) is 6.57. The average Bonchev–Trinajstić information content (AvgIpc) is 3.07. The van der Waals surface area contributed by atoms with Crippen LogP contribution in [0.3, 0.4) is 0 Å². The first-order chi connectivity index (χ1) is 22.9. The lowest BCUT2D eigenvalue weighted by Crippen LogP contribution is -2.63. The molecule has 0 atom stereocenters. The van der Waals surface area contributed by atoms with Crippen molar-refractivity contribution in [3.05, 3.63) is 115 Å². The molecule has 47 heavy (non-hydrogen) atoms. The number of para-hydroxylation sites is 1. The van der Waals surface area contributed by atoms with Crippen LogP contribution in [0.5, 0.6) is 46.0 Å². The number of ether oxygens (including phenoxy) is 4. The molecule has 0 aromatic heterocycles. The van der Waals surface area contributed by atoms with Crippen molar-refractivity contribution < 1.29 is 18.9 Å². The molecule has 6 aromatic carbocycles. The molecule has 0 amide bonds. The average molecular weight is 607 g/mol. The Labute approximate surface area is 273 Å². The van der Waals surface area contributed by atoms with Crippen LogP contribution in [-0.4, -0.2) is 13.4 Å². The van der Waals surface area contributed by atoms with Gasteiger partial charge >= 0.3 is 0 Å². The van der Waals surface area contributed by atoms with Gasteiger partial charge in [0.15, 0.2) is 0 Å². The Kier molecular flexibility index (Phi) is 4.70. The van der Waals surface area contributed by atoms with Crippen LogP contribution in [0.2, 0.25) is 0 Å². The Morgan fingerprint density at radius 3 is 1.57 bits per heavy atom. The smallest absolute Gasteiger partial charge is 0.265 e. The summed E-state index contributed by atoms with van der Waals surface area (Å²) >= 11 is 0. The Hall–Kier alpha value is -5.55. The highest BCUT2D eigenvalue weighted by Gasteiger charge is 2.48. The number of anilines is 3. The Morgan fingerprint density at radius 1 is 0.447 bits per heavy atom. The summed E-state index contributed by atoms with van der Waals surface area (Å²) in [4.78, 5) is 2.35. The van der Waals surface area contributed by atoms with Gasteiger partial charge in [-0.05, 0) is 88.0 Å². The van der Waals surface area contributed by atoms with Crippen LogP contribution < -0.4 is 56.6 Å². The van der Waals surface area contributed by atoms with E-state index in [0.717, 1.165) is 90.4 Å². The minimum Gasteiger partial charge on any atom is -0.458 e. The van der Waals surface area contributed by atoms with Crippen LogP contribution in [0, 0.1) is 0 Å². The van der Waals surface area contributed by atoms with Crippen molar-refractivity contribution in [2.75, 3.05) is 4.90 Å². The molecular formula is C40H27B2NO4. The lowest BCUT2D eigenvalue weighted by atomic mass is 9.30. The molecule has 5 aliphatic heterocycles. The summed E-state index contributed by atoms with van der Waals surface area (Å²) in [6.45, 7) is 6.45. The van der Waals surface area contributed by atoms with E-state index >= 15 is 0 Å². The molecule has 5 aliphatic rings. The van der Waals surface area contributed by atoms with Crippen molar-refractivity contribution in [1.29, 1.82) is 0 Å². The van der Waals surface area contributed by atoms with Crippen molar-refractivity contribution >= 4 is 63.3 Å².